The Balaban J connectivity index is 1.37. The molecule has 2 aromatic rings. The Labute approximate surface area is 216 Å². The van der Waals surface area contributed by atoms with Gasteiger partial charge < -0.3 is 15.2 Å². The largest absolute Gasteiger partial charge is 0.391 e. The number of nitrogens with zero attached hydrogens (tertiary/aromatic N) is 1. The first kappa shape index (κ1) is 26.6. The van der Waals surface area contributed by atoms with Crippen LogP contribution in [0.4, 0.5) is 0 Å². The Hall–Kier alpha value is -2.47. The van der Waals surface area contributed by atoms with E-state index in [1.807, 2.05) is 6.07 Å². The summed E-state index contributed by atoms with van der Waals surface area (Å²) in [6, 6.07) is 19.2. The van der Waals surface area contributed by atoms with Gasteiger partial charge >= 0.3 is 0 Å². The number of carbonyl (C=O) groups is 1. The number of rotatable bonds is 11. The van der Waals surface area contributed by atoms with Gasteiger partial charge in [-0.1, -0.05) is 73.2 Å². The fraction of sp³-hybridized carbons (Fsp3) is 0.516. The molecule has 0 spiro atoms. The number of aliphatic hydroxyl groups is 1. The van der Waals surface area contributed by atoms with Crippen LogP contribution in [0.1, 0.15) is 56.9 Å². The van der Waals surface area contributed by atoms with Gasteiger partial charge in [0.1, 0.15) is 0 Å². The molecular weight excluding hydrogens is 448 g/mol. The summed E-state index contributed by atoms with van der Waals surface area (Å²) in [5.41, 5.74) is 3.59. The number of carbonyl (C=O) groups excluding carboxylic acids is 1. The third-order valence-corrected chi connectivity index (χ3v) is 7.75. The first-order valence-electron chi connectivity index (χ1n) is 13.7. The number of amides is 1. The molecule has 1 saturated carbocycles. The van der Waals surface area contributed by atoms with Crippen molar-refractivity contribution in [1.82, 2.24) is 10.2 Å². The van der Waals surface area contributed by atoms with Crippen LogP contribution in [0.2, 0.25) is 0 Å². The number of hydrogen-bond donors (Lipinski definition) is 2. The summed E-state index contributed by atoms with van der Waals surface area (Å²) < 4.78 is 6.49. The lowest BCUT2D eigenvalue weighted by Crippen LogP contribution is -2.47. The Morgan fingerprint density at radius 1 is 1.03 bits per heavy atom. The molecule has 0 aromatic heterocycles. The number of hydrogen-bond acceptors (Lipinski definition) is 4. The van der Waals surface area contributed by atoms with Crippen LogP contribution in [0.25, 0.3) is 11.1 Å². The molecule has 1 aliphatic heterocycles. The molecule has 0 bridgehead atoms. The van der Waals surface area contributed by atoms with E-state index in [-0.39, 0.29) is 30.1 Å². The van der Waals surface area contributed by atoms with Gasteiger partial charge in [0.05, 0.1) is 18.8 Å². The van der Waals surface area contributed by atoms with Crippen molar-refractivity contribution in [3.05, 3.63) is 72.3 Å². The highest BCUT2D eigenvalue weighted by Gasteiger charge is 2.45. The number of benzene rings is 2. The lowest BCUT2D eigenvalue weighted by Gasteiger charge is -2.37. The van der Waals surface area contributed by atoms with E-state index in [0.717, 1.165) is 37.9 Å². The fourth-order valence-electron chi connectivity index (χ4n) is 5.77. The van der Waals surface area contributed by atoms with Crippen LogP contribution in [-0.4, -0.2) is 54.3 Å². The molecule has 4 atom stereocenters. The van der Waals surface area contributed by atoms with Crippen LogP contribution >= 0.6 is 0 Å². The molecular formula is C31H42N2O3. The Morgan fingerprint density at radius 2 is 1.75 bits per heavy atom. The molecule has 1 amide bonds. The molecule has 5 heteroatoms. The van der Waals surface area contributed by atoms with Crippen LogP contribution < -0.4 is 5.32 Å². The maximum absolute atomic E-state index is 11.4. The minimum atomic E-state index is -0.347. The summed E-state index contributed by atoms with van der Waals surface area (Å²) >= 11 is 0. The average Bonchev–Trinajstić information content (AvgIpc) is 3.25. The average molecular weight is 491 g/mol. The minimum Gasteiger partial charge on any atom is -0.391 e. The Kier molecular flexibility index (Phi) is 10.1. The number of nitrogens with one attached hydrogen (secondary N) is 1. The third-order valence-electron chi connectivity index (χ3n) is 7.75. The SMILES string of the molecule is CNC(=O)CCC/C=C\C[C@@H]1[C@@H](N2CCCCC2)[C@H](O)C[C@@H]1OCc1ccc(-c2ccccc2)cc1. The molecule has 36 heavy (non-hydrogen) atoms. The van der Waals surface area contributed by atoms with E-state index in [1.165, 1.54) is 30.4 Å². The van der Waals surface area contributed by atoms with Crippen molar-refractivity contribution in [2.24, 2.45) is 5.92 Å². The number of allylic oxidation sites excluding steroid dienone is 2. The second kappa shape index (κ2) is 13.7. The number of piperidine rings is 1. The van der Waals surface area contributed by atoms with Crippen LogP contribution in [0.3, 0.4) is 0 Å². The molecule has 2 aromatic carbocycles. The van der Waals surface area contributed by atoms with Gasteiger partial charge in [-0.2, -0.15) is 0 Å². The first-order valence-corrected chi connectivity index (χ1v) is 13.7. The molecule has 0 unspecified atom stereocenters. The van der Waals surface area contributed by atoms with Crippen LogP contribution in [0.5, 0.6) is 0 Å². The molecule has 2 N–H and O–H groups in total. The highest BCUT2D eigenvalue weighted by atomic mass is 16.5. The highest BCUT2D eigenvalue weighted by molar-refractivity contribution is 5.75. The molecule has 0 radical (unpaired) electrons. The van der Waals surface area contributed by atoms with Crippen molar-refractivity contribution in [3.8, 4) is 11.1 Å². The molecule has 194 valence electrons. The summed E-state index contributed by atoms with van der Waals surface area (Å²) in [5, 5.41) is 13.8. The van der Waals surface area contributed by atoms with Gasteiger partial charge in [0, 0.05) is 31.8 Å². The Bertz CT molecular complexity index is 954. The highest BCUT2D eigenvalue weighted by Crippen LogP contribution is 2.37. The van der Waals surface area contributed by atoms with E-state index in [1.54, 1.807) is 7.05 Å². The minimum absolute atomic E-state index is 0.0382. The molecule has 1 heterocycles. The fourth-order valence-corrected chi connectivity index (χ4v) is 5.77. The molecule has 2 aliphatic rings. The summed E-state index contributed by atoms with van der Waals surface area (Å²) in [4.78, 5) is 14.0. The van der Waals surface area contributed by atoms with Crippen LogP contribution in [0.15, 0.2) is 66.7 Å². The standard InChI is InChI=1S/C31H42N2O3/c1-32-30(35)15-9-3-2-8-14-27-29(22-28(34)31(27)33-20-10-5-11-21-33)36-23-24-16-18-26(19-17-24)25-12-6-4-7-13-25/h2,4,6-8,12-13,16-19,27-29,31,34H,3,5,9-11,14-15,20-23H2,1H3,(H,32,35)/b8-2-/t27-,28+,29-,31+/m0/s1. The van der Waals surface area contributed by atoms with Crippen LogP contribution in [-0.2, 0) is 16.1 Å². The molecule has 2 fully saturated rings. The van der Waals surface area contributed by atoms with Crippen molar-refractivity contribution < 1.29 is 14.6 Å². The number of unbranched alkanes of at least 4 members (excludes halogenated alkanes) is 1. The van der Waals surface area contributed by atoms with Crippen molar-refractivity contribution >= 4 is 5.91 Å². The Morgan fingerprint density at radius 3 is 2.47 bits per heavy atom. The first-order chi connectivity index (χ1) is 17.7. The van der Waals surface area contributed by atoms with Gasteiger partial charge in [-0.3, -0.25) is 9.69 Å². The molecule has 1 aliphatic carbocycles. The zero-order chi connectivity index (χ0) is 25.2. The van der Waals surface area contributed by atoms with Gasteiger partial charge in [-0.15, -0.1) is 0 Å². The smallest absolute Gasteiger partial charge is 0.219 e. The van der Waals surface area contributed by atoms with Gasteiger partial charge in [0.2, 0.25) is 5.91 Å². The van der Waals surface area contributed by atoms with Gasteiger partial charge in [0.25, 0.3) is 0 Å². The van der Waals surface area contributed by atoms with E-state index in [4.69, 9.17) is 4.74 Å². The predicted octanol–water partition coefficient (Wildman–Crippen LogP) is 5.34. The lowest BCUT2D eigenvalue weighted by molar-refractivity contribution is -0.120. The van der Waals surface area contributed by atoms with Crippen molar-refractivity contribution in [3.63, 3.8) is 0 Å². The molecule has 4 rings (SSSR count). The van der Waals surface area contributed by atoms with Gasteiger partial charge in [0.15, 0.2) is 0 Å². The van der Waals surface area contributed by atoms with Crippen molar-refractivity contribution in [1.29, 1.82) is 0 Å². The summed E-state index contributed by atoms with van der Waals surface area (Å²) in [5.74, 6) is 0.370. The number of aliphatic hydroxyl groups excluding tert-OH is 1. The normalized spacial score (nSPS) is 24.8. The van der Waals surface area contributed by atoms with E-state index < -0.39 is 0 Å². The lowest BCUT2D eigenvalue weighted by atomic mass is 9.93. The van der Waals surface area contributed by atoms with Gasteiger partial charge in [-0.05, 0) is 61.9 Å². The second-order valence-corrected chi connectivity index (χ2v) is 10.2. The topological polar surface area (TPSA) is 61.8 Å². The number of ether oxygens (including phenoxy) is 1. The zero-order valence-corrected chi connectivity index (χ0v) is 21.6. The predicted molar refractivity (Wildman–Crippen MR) is 145 cm³/mol. The second-order valence-electron chi connectivity index (χ2n) is 10.2. The van der Waals surface area contributed by atoms with E-state index >= 15 is 0 Å². The maximum atomic E-state index is 11.4. The van der Waals surface area contributed by atoms with Crippen molar-refractivity contribution in [2.45, 2.75) is 76.2 Å². The van der Waals surface area contributed by atoms with E-state index in [2.05, 4.69) is 70.9 Å². The summed E-state index contributed by atoms with van der Waals surface area (Å²) in [7, 11) is 1.68. The van der Waals surface area contributed by atoms with E-state index in [9.17, 15) is 9.90 Å². The molecule has 1 saturated heterocycles. The monoisotopic (exact) mass is 490 g/mol. The number of likely N-dealkylation sites (tertiary alicyclic amines) is 1. The third kappa shape index (κ3) is 7.28. The zero-order valence-electron chi connectivity index (χ0n) is 21.6. The van der Waals surface area contributed by atoms with E-state index in [0.29, 0.717) is 19.4 Å². The summed E-state index contributed by atoms with van der Waals surface area (Å²) in [6.07, 6.45) is 11.8. The van der Waals surface area contributed by atoms with Gasteiger partial charge in [-0.25, -0.2) is 0 Å². The molecule has 5 nitrogen and oxygen atoms in total. The van der Waals surface area contributed by atoms with Crippen molar-refractivity contribution in [2.75, 3.05) is 20.1 Å². The summed E-state index contributed by atoms with van der Waals surface area (Å²) in [6.45, 7) is 2.70. The maximum Gasteiger partial charge on any atom is 0.219 e. The quantitative estimate of drug-likeness (QED) is 0.330. The van der Waals surface area contributed by atoms with Crippen LogP contribution in [0, 0.1) is 5.92 Å².